The molecule has 8 heteroatoms. The summed E-state index contributed by atoms with van der Waals surface area (Å²) in [5, 5.41) is 9.36. The Hall–Kier alpha value is -5.24. The number of carbonyl (C=O) groups excluding carboxylic acids is 2. The fourth-order valence-corrected chi connectivity index (χ4v) is 7.23. The maximum absolute atomic E-state index is 11.7. The predicted octanol–water partition coefficient (Wildman–Crippen LogP) is 13.3. The number of nitrogens with one attached hydrogen (secondary N) is 2. The normalized spacial score (nSPS) is 11.2. The predicted molar refractivity (Wildman–Crippen MR) is 262 cm³/mol. The molecule has 0 atom stereocenters. The fraction of sp³-hybridized carbons (Fsp3) is 0.481. The summed E-state index contributed by atoms with van der Waals surface area (Å²) in [5.74, 6) is 1.45. The Labute approximate surface area is 374 Å². The number of nitrogens with zero attached hydrogens (tertiary/aromatic N) is 3. The summed E-state index contributed by atoms with van der Waals surface area (Å²) >= 11 is 0. The molecule has 0 aliphatic heterocycles. The van der Waals surface area contributed by atoms with Gasteiger partial charge < -0.3 is 5.73 Å². The van der Waals surface area contributed by atoms with Crippen LogP contribution in [-0.2, 0) is 23.1 Å². The molecule has 0 unspecified atom stereocenters. The zero-order valence-corrected chi connectivity index (χ0v) is 40.3. The highest BCUT2D eigenvalue weighted by Crippen LogP contribution is 2.34. The quantitative estimate of drug-likeness (QED) is 0.0490. The van der Waals surface area contributed by atoms with E-state index in [-0.39, 0.29) is 17.2 Å². The van der Waals surface area contributed by atoms with Crippen LogP contribution in [0, 0.1) is 33.1 Å². The number of hydrazine groups is 1. The number of hydrogen-bond acceptors (Lipinski definition) is 5. The topological polar surface area (TPSA) is 115 Å². The number of amides is 2. The van der Waals surface area contributed by atoms with Crippen molar-refractivity contribution in [2.45, 2.75) is 166 Å². The molecule has 1 heterocycles. The van der Waals surface area contributed by atoms with Crippen molar-refractivity contribution in [2.75, 3.05) is 5.73 Å². The van der Waals surface area contributed by atoms with Crippen LogP contribution < -0.4 is 16.6 Å². The molecule has 5 aromatic rings. The maximum Gasteiger partial charge on any atom is 0.269 e. The Morgan fingerprint density at radius 2 is 1.10 bits per heavy atom. The molecule has 0 aliphatic rings. The van der Waals surface area contributed by atoms with Gasteiger partial charge in [-0.15, -0.1) is 10.2 Å². The van der Waals surface area contributed by atoms with E-state index in [0.29, 0.717) is 12.0 Å². The summed E-state index contributed by atoms with van der Waals surface area (Å²) < 4.78 is 2.31. The zero-order valence-electron chi connectivity index (χ0n) is 40.3. The van der Waals surface area contributed by atoms with Crippen LogP contribution in [0.5, 0.6) is 0 Å². The van der Waals surface area contributed by atoms with E-state index < -0.39 is 5.41 Å². The van der Waals surface area contributed by atoms with Crippen molar-refractivity contribution < 1.29 is 9.59 Å². The summed E-state index contributed by atoms with van der Waals surface area (Å²) in [6, 6.07) is 28.4. The average Bonchev–Trinajstić information content (AvgIpc) is 3.71. The highest BCUT2D eigenvalue weighted by atomic mass is 16.2. The van der Waals surface area contributed by atoms with Gasteiger partial charge in [-0.1, -0.05) is 167 Å². The van der Waals surface area contributed by atoms with Gasteiger partial charge in [0.15, 0.2) is 5.82 Å². The molecule has 0 fully saturated rings. The van der Waals surface area contributed by atoms with Crippen LogP contribution >= 0.6 is 0 Å². The smallest absolute Gasteiger partial charge is 0.269 e. The standard InChI is InChI=1S/C27H37N3.C14H23N.C13H18N2O2/c1-7-9-10-12-15-22-18-20(3)24(21(4)19-22)30-25(23-16-13-11-14-17-23)28-29-26(30)27(5,6)8-2;1-4-5-6-7-8-13-9-11(2)14(15)12(3)10-13;1-4-13(2,3)12(17)15-14-11(16)10-8-6-5-7-9-10/h11,13-14,16-19H,7-10,12,15H2,1-6H3;9-10H,4-8,15H2,1-3H3;5-9H,4H2,1-3H3,(H,14,16)(H,15,17). The fourth-order valence-electron chi connectivity index (χ4n) is 7.23. The van der Waals surface area contributed by atoms with Crippen molar-refractivity contribution in [1.82, 2.24) is 25.6 Å². The zero-order chi connectivity index (χ0) is 45.9. The summed E-state index contributed by atoms with van der Waals surface area (Å²) in [7, 11) is 0. The molecule has 0 radical (unpaired) electrons. The number of unbranched alkanes of at least 4 members (excludes halogenated alkanes) is 6. The molecule has 4 N–H and O–H groups in total. The van der Waals surface area contributed by atoms with Crippen LogP contribution in [0.1, 0.15) is 169 Å². The van der Waals surface area contributed by atoms with Crippen LogP contribution in [0.3, 0.4) is 0 Å². The Morgan fingerprint density at radius 1 is 0.613 bits per heavy atom. The van der Waals surface area contributed by atoms with E-state index in [1.807, 2.05) is 32.9 Å². The van der Waals surface area contributed by atoms with Crippen molar-refractivity contribution in [2.24, 2.45) is 5.41 Å². The van der Waals surface area contributed by atoms with Gasteiger partial charge in [-0.05, 0) is 112 Å². The van der Waals surface area contributed by atoms with E-state index in [0.717, 1.165) is 35.7 Å². The van der Waals surface area contributed by atoms with E-state index in [1.54, 1.807) is 24.3 Å². The minimum atomic E-state index is -0.482. The highest BCUT2D eigenvalue weighted by molar-refractivity contribution is 5.95. The Bertz CT molecular complexity index is 2090. The molecule has 2 amide bonds. The lowest BCUT2D eigenvalue weighted by atomic mass is 9.88. The Kier molecular flexibility index (Phi) is 20.6. The lowest BCUT2D eigenvalue weighted by Gasteiger charge is -2.25. The van der Waals surface area contributed by atoms with Gasteiger partial charge in [-0.3, -0.25) is 25.0 Å². The van der Waals surface area contributed by atoms with Gasteiger partial charge in [0.05, 0.1) is 5.69 Å². The maximum atomic E-state index is 11.7. The number of aryl methyl sites for hydroxylation is 6. The molecule has 0 spiro atoms. The van der Waals surface area contributed by atoms with Crippen LogP contribution in [0.4, 0.5) is 5.69 Å². The van der Waals surface area contributed by atoms with E-state index in [2.05, 4.69) is 131 Å². The van der Waals surface area contributed by atoms with Gasteiger partial charge in [0.25, 0.3) is 5.91 Å². The second kappa shape index (κ2) is 25.0. The van der Waals surface area contributed by atoms with Crippen LogP contribution in [0.2, 0.25) is 0 Å². The molecule has 0 aliphatic carbocycles. The monoisotopic (exact) mass is 843 g/mol. The average molecular weight is 843 g/mol. The Balaban J connectivity index is 0.000000272. The minimum Gasteiger partial charge on any atom is -0.398 e. The van der Waals surface area contributed by atoms with E-state index in [1.165, 1.54) is 96.9 Å². The summed E-state index contributed by atoms with van der Waals surface area (Å²) in [6.07, 6.45) is 14.6. The molecule has 5 rings (SSSR count). The molecule has 1 aromatic heterocycles. The molecule has 336 valence electrons. The molecule has 62 heavy (non-hydrogen) atoms. The van der Waals surface area contributed by atoms with Gasteiger partial charge in [0, 0.05) is 27.6 Å². The van der Waals surface area contributed by atoms with E-state index >= 15 is 0 Å². The molecular weight excluding hydrogens is 765 g/mol. The second-order valence-corrected chi connectivity index (χ2v) is 18.1. The van der Waals surface area contributed by atoms with Crippen LogP contribution in [-0.4, -0.2) is 26.6 Å². The SMILES string of the molecule is CCC(C)(C)C(=O)NNC(=O)c1ccccc1.CCCCCCc1cc(C)c(-n2c(-c3ccccc3)nnc2C(C)(C)CC)c(C)c1.CCCCCCc1cc(C)c(N)c(C)c1. The molecule has 0 saturated carbocycles. The first-order chi connectivity index (χ1) is 29.5. The molecule has 0 saturated heterocycles. The lowest BCUT2D eigenvalue weighted by molar-refractivity contribution is -0.130. The largest absolute Gasteiger partial charge is 0.398 e. The van der Waals surface area contributed by atoms with Crippen molar-refractivity contribution in [3.8, 4) is 17.1 Å². The number of nitrogen functional groups attached to an aromatic ring is 1. The van der Waals surface area contributed by atoms with Gasteiger partial charge in [0.1, 0.15) is 5.82 Å². The van der Waals surface area contributed by atoms with Crippen LogP contribution in [0.25, 0.3) is 17.1 Å². The molecule has 4 aromatic carbocycles. The Morgan fingerprint density at radius 3 is 1.56 bits per heavy atom. The third-order valence-corrected chi connectivity index (χ3v) is 12.1. The highest BCUT2D eigenvalue weighted by Gasteiger charge is 2.29. The second-order valence-electron chi connectivity index (χ2n) is 18.1. The van der Waals surface area contributed by atoms with Gasteiger partial charge in [-0.25, -0.2) is 0 Å². The first-order valence-corrected chi connectivity index (χ1v) is 23.1. The van der Waals surface area contributed by atoms with Gasteiger partial charge >= 0.3 is 0 Å². The number of hydrogen-bond donors (Lipinski definition) is 3. The van der Waals surface area contributed by atoms with E-state index in [9.17, 15) is 9.59 Å². The van der Waals surface area contributed by atoms with Crippen molar-refractivity contribution in [3.63, 3.8) is 0 Å². The number of benzene rings is 4. The number of rotatable bonds is 17. The minimum absolute atomic E-state index is 0.0578. The number of nitrogens with two attached hydrogens (primary N) is 1. The summed E-state index contributed by atoms with van der Waals surface area (Å²) in [6.45, 7) is 25.5. The first-order valence-electron chi connectivity index (χ1n) is 23.1. The van der Waals surface area contributed by atoms with Gasteiger partial charge in [0.2, 0.25) is 5.91 Å². The van der Waals surface area contributed by atoms with E-state index in [4.69, 9.17) is 10.8 Å². The molecule has 8 nitrogen and oxygen atoms in total. The third-order valence-electron chi connectivity index (χ3n) is 12.1. The molecular formula is C54H78N6O2. The number of carbonyl (C=O) groups is 2. The molecule has 0 bridgehead atoms. The number of anilines is 1. The van der Waals surface area contributed by atoms with Crippen molar-refractivity contribution >= 4 is 17.5 Å². The first kappa shape index (κ1) is 51.1. The van der Waals surface area contributed by atoms with Crippen molar-refractivity contribution in [1.29, 1.82) is 0 Å². The summed E-state index contributed by atoms with van der Waals surface area (Å²) in [5.41, 5.74) is 21.9. The third kappa shape index (κ3) is 15.0. The van der Waals surface area contributed by atoms with Crippen LogP contribution in [0.15, 0.2) is 84.9 Å². The summed E-state index contributed by atoms with van der Waals surface area (Å²) in [4.78, 5) is 23.3. The van der Waals surface area contributed by atoms with Crippen molar-refractivity contribution in [3.05, 3.63) is 130 Å². The van der Waals surface area contributed by atoms with Gasteiger partial charge in [-0.2, -0.15) is 0 Å². The lowest BCUT2D eigenvalue weighted by Crippen LogP contribution is -2.47. The number of aromatic nitrogens is 3.